The summed E-state index contributed by atoms with van der Waals surface area (Å²) in [5, 5.41) is 0. The number of esters is 2. The fourth-order valence-electron chi connectivity index (χ4n) is 4.68. The maximum atomic E-state index is 12.6. The Morgan fingerprint density at radius 1 is 0.615 bits per heavy atom. The van der Waals surface area contributed by atoms with E-state index in [2.05, 4.69) is 74.6 Å². The largest absolute Gasteiger partial charge is 0.472 e. The Labute approximate surface area is 317 Å². The monoisotopic (exact) mass is 751 g/mol. The Balaban J connectivity index is 4.55. The highest BCUT2D eigenvalue weighted by Gasteiger charge is 2.27. The van der Waals surface area contributed by atoms with E-state index < -0.39 is 32.5 Å². The number of unbranched alkanes of at least 4 members (excludes halogenated alkanes) is 8. The van der Waals surface area contributed by atoms with Gasteiger partial charge in [0.1, 0.15) is 19.8 Å². The lowest BCUT2D eigenvalue weighted by molar-refractivity contribution is -0.870. The van der Waals surface area contributed by atoms with E-state index in [4.69, 9.17) is 18.5 Å². The molecule has 2 atom stereocenters. The van der Waals surface area contributed by atoms with Crippen LogP contribution < -0.4 is 0 Å². The first kappa shape index (κ1) is 49.5. The summed E-state index contributed by atoms with van der Waals surface area (Å²) in [6, 6.07) is 0. The third-order valence-corrected chi connectivity index (χ3v) is 8.75. The number of allylic oxidation sites excluding steroid dienone is 12. The Morgan fingerprint density at radius 3 is 1.60 bits per heavy atom. The third kappa shape index (κ3) is 37.2. The zero-order valence-corrected chi connectivity index (χ0v) is 34.2. The van der Waals surface area contributed by atoms with Crippen molar-refractivity contribution in [2.75, 3.05) is 47.5 Å². The van der Waals surface area contributed by atoms with Crippen LogP contribution in [0.4, 0.5) is 0 Å². The van der Waals surface area contributed by atoms with Crippen LogP contribution in [-0.2, 0) is 32.7 Å². The second-order valence-corrected chi connectivity index (χ2v) is 15.4. The zero-order valence-electron chi connectivity index (χ0n) is 33.3. The van der Waals surface area contributed by atoms with Crippen LogP contribution in [0.2, 0.25) is 0 Å². The fourth-order valence-corrected chi connectivity index (χ4v) is 5.43. The van der Waals surface area contributed by atoms with E-state index >= 15 is 0 Å². The van der Waals surface area contributed by atoms with Crippen LogP contribution in [0, 0.1) is 0 Å². The number of hydrogen-bond acceptors (Lipinski definition) is 7. The van der Waals surface area contributed by atoms with Crippen molar-refractivity contribution in [2.45, 2.75) is 136 Å². The molecular weight excluding hydrogens is 677 g/mol. The van der Waals surface area contributed by atoms with E-state index in [0.29, 0.717) is 17.4 Å². The molecule has 0 spiro atoms. The van der Waals surface area contributed by atoms with Crippen molar-refractivity contribution in [2.24, 2.45) is 0 Å². The summed E-state index contributed by atoms with van der Waals surface area (Å²) in [5.74, 6) is -0.907. The molecule has 0 saturated heterocycles. The first-order valence-corrected chi connectivity index (χ1v) is 21.2. The molecule has 0 aromatic heterocycles. The molecular formula is C42H73NO8P+. The van der Waals surface area contributed by atoms with Gasteiger partial charge in [0, 0.05) is 12.8 Å². The lowest BCUT2D eigenvalue weighted by Gasteiger charge is -2.24. The highest BCUT2D eigenvalue weighted by atomic mass is 31.2. The molecule has 0 heterocycles. The molecule has 9 nitrogen and oxygen atoms in total. The van der Waals surface area contributed by atoms with E-state index in [1.165, 1.54) is 38.5 Å². The number of nitrogens with zero attached hydrogens (tertiary/aromatic N) is 1. The lowest BCUT2D eigenvalue weighted by Crippen LogP contribution is -2.37. The first-order valence-electron chi connectivity index (χ1n) is 19.7. The second kappa shape index (κ2) is 34.2. The number of carbonyl (C=O) groups is 2. The van der Waals surface area contributed by atoms with Gasteiger partial charge in [0.05, 0.1) is 27.7 Å². The topological polar surface area (TPSA) is 108 Å². The quantitative estimate of drug-likeness (QED) is 0.0228. The number of likely N-dealkylation sites (N-methyl/N-ethyl adjacent to an activating group) is 1. The van der Waals surface area contributed by atoms with Crippen LogP contribution in [0.15, 0.2) is 72.9 Å². The Kier molecular flexibility index (Phi) is 32.6. The molecule has 1 N–H and O–H groups in total. The van der Waals surface area contributed by atoms with Gasteiger partial charge in [-0.25, -0.2) is 4.57 Å². The van der Waals surface area contributed by atoms with E-state index in [1.807, 2.05) is 33.3 Å². The number of quaternary nitrogens is 1. The molecule has 10 heteroatoms. The third-order valence-electron chi connectivity index (χ3n) is 7.76. The van der Waals surface area contributed by atoms with Gasteiger partial charge in [-0.3, -0.25) is 18.6 Å². The van der Waals surface area contributed by atoms with Gasteiger partial charge in [-0.1, -0.05) is 138 Å². The minimum Gasteiger partial charge on any atom is -0.462 e. The molecule has 0 rings (SSSR count). The molecule has 0 radical (unpaired) electrons. The summed E-state index contributed by atoms with van der Waals surface area (Å²) in [5.41, 5.74) is 0. The molecule has 0 fully saturated rings. The molecule has 0 saturated carbocycles. The molecule has 298 valence electrons. The summed E-state index contributed by atoms with van der Waals surface area (Å²) in [6.07, 6.45) is 41.2. The molecule has 0 aromatic carbocycles. The van der Waals surface area contributed by atoms with Crippen molar-refractivity contribution in [3.63, 3.8) is 0 Å². The van der Waals surface area contributed by atoms with Crippen LogP contribution in [-0.4, -0.2) is 74.9 Å². The average molecular weight is 751 g/mol. The van der Waals surface area contributed by atoms with Gasteiger partial charge in [-0.05, 0) is 51.4 Å². The van der Waals surface area contributed by atoms with Crippen molar-refractivity contribution in [3.8, 4) is 0 Å². The normalized spacial score (nSPS) is 14.5. The van der Waals surface area contributed by atoms with Gasteiger partial charge < -0.3 is 18.9 Å². The number of ether oxygens (including phenoxy) is 2. The number of phosphoric acid groups is 1. The van der Waals surface area contributed by atoms with Gasteiger partial charge in [0.2, 0.25) is 0 Å². The SMILES string of the molecule is CC/C=C\C/C=C\C/C=C\C/C=C\C/C=C\C/C=C\CCC(=O)OC(COC(=O)CCCCCCCCCCC)COP(=O)(O)OCC[N+](C)(C)C. The number of carbonyl (C=O) groups excluding carboxylic acids is 2. The van der Waals surface area contributed by atoms with Crippen LogP contribution >= 0.6 is 7.82 Å². The first-order chi connectivity index (χ1) is 25.0. The summed E-state index contributed by atoms with van der Waals surface area (Å²) in [4.78, 5) is 35.1. The minimum absolute atomic E-state index is 0.0153. The summed E-state index contributed by atoms with van der Waals surface area (Å²) in [7, 11) is 1.42. The summed E-state index contributed by atoms with van der Waals surface area (Å²) < 4.78 is 34.0. The van der Waals surface area contributed by atoms with E-state index in [-0.39, 0.29) is 26.1 Å². The molecule has 0 bridgehead atoms. The number of rotatable bonds is 34. The second-order valence-electron chi connectivity index (χ2n) is 13.9. The van der Waals surface area contributed by atoms with E-state index in [0.717, 1.165) is 57.8 Å². The molecule has 0 aliphatic heterocycles. The van der Waals surface area contributed by atoms with Crippen LogP contribution in [0.3, 0.4) is 0 Å². The van der Waals surface area contributed by atoms with Crippen molar-refractivity contribution in [1.82, 2.24) is 0 Å². The van der Waals surface area contributed by atoms with Gasteiger partial charge in [-0.2, -0.15) is 0 Å². The lowest BCUT2D eigenvalue weighted by atomic mass is 10.1. The summed E-state index contributed by atoms with van der Waals surface area (Å²) in [6.45, 7) is 4.16. The Bertz CT molecular complexity index is 1120. The van der Waals surface area contributed by atoms with Crippen molar-refractivity contribution in [3.05, 3.63) is 72.9 Å². The molecule has 0 amide bonds. The highest BCUT2D eigenvalue weighted by Crippen LogP contribution is 2.43. The van der Waals surface area contributed by atoms with Crippen molar-refractivity contribution >= 4 is 19.8 Å². The number of phosphoric ester groups is 1. The highest BCUT2D eigenvalue weighted by molar-refractivity contribution is 7.47. The Hall–Kier alpha value is -2.55. The fraction of sp³-hybridized carbons (Fsp3) is 0.667. The molecule has 2 unspecified atom stereocenters. The number of hydrogen-bond donors (Lipinski definition) is 1. The minimum atomic E-state index is -4.39. The predicted octanol–water partition coefficient (Wildman–Crippen LogP) is 10.7. The van der Waals surface area contributed by atoms with Gasteiger partial charge in [0.15, 0.2) is 6.10 Å². The van der Waals surface area contributed by atoms with Crippen LogP contribution in [0.5, 0.6) is 0 Å². The molecule has 0 aliphatic rings. The van der Waals surface area contributed by atoms with Crippen LogP contribution in [0.25, 0.3) is 0 Å². The Morgan fingerprint density at radius 2 is 1.10 bits per heavy atom. The molecule has 52 heavy (non-hydrogen) atoms. The maximum Gasteiger partial charge on any atom is 0.472 e. The van der Waals surface area contributed by atoms with Gasteiger partial charge >= 0.3 is 19.8 Å². The zero-order chi connectivity index (χ0) is 38.6. The van der Waals surface area contributed by atoms with E-state index in [1.54, 1.807) is 0 Å². The molecule has 0 aliphatic carbocycles. The van der Waals surface area contributed by atoms with Crippen molar-refractivity contribution < 1.29 is 42.1 Å². The smallest absolute Gasteiger partial charge is 0.462 e. The standard InChI is InChI=1S/C42H72NO8P/c1-6-8-10-12-14-16-17-18-19-20-21-22-23-24-25-27-29-31-33-35-42(45)51-40(39-50-52(46,47)49-37-36-43(3,4)5)38-48-41(44)34-32-30-28-26-15-13-11-9-7-2/h8,10,14,16,18-19,21-22,24-25,29,31,40H,6-7,9,11-13,15,17,20,23,26-28,30,32-39H2,1-5H3/p+1/b10-8-,16-14-,19-18-,22-21-,25-24-,31-29-. The van der Waals surface area contributed by atoms with Gasteiger partial charge in [0.25, 0.3) is 0 Å². The summed E-state index contributed by atoms with van der Waals surface area (Å²) >= 11 is 0. The average Bonchev–Trinajstić information content (AvgIpc) is 3.09. The predicted molar refractivity (Wildman–Crippen MR) is 215 cm³/mol. The molecule has 0 aromatic rings. The maximum absolute atomic E-state index is 12.6. The van der Waals surface area contributed by atoms with Gasteiger partial charge in [-0.15, -0.1) is 0 Å². The van der Waals surface area contributed by atoms with E-state index in [9.17, 15) is 19.0 Å². The van der Waals surface area contributed by atoms with Crippen LogP contribution in [0.1, 0.15) is 129 Å². The van der Waals surface area contributed by atoms with Crippen molar-refractivity contribution in [1.29, 1.82) is 0 Å².